The fourth-order valence-electron chi connectivity index (χ4n) is 1.08. The molecule has 2 nitrogen and oxygen atoms in total. The largest absolute Gasteiger partial charge is 0.345 e. The average Bonchev–Trinajstić information content (AvgIpc) is 2.52. The summed E-state index contributed by atoms with van der Waals surface area (Å²) in [7, 11) is 0. The summed E-state index contributed by atoms with van der Waals surface area (Å²) >= 11 is 6.70. The number of aromatic amines is 1. The van der Waals surface area contributed by atoms with Gasteiger partial charge in [-0.1, -0.05) is 18.3 Å². The lowest BCUT2D eigenvalue weighted by molar-refractivity contribution is 1.28. The molecule has 1 N–H and O–H groups in total. The molecule has 0 saturated carbocycles. The van der Waals surface area contributed by atoms with Crippen LogP contribution in [0.25, 0.3) is 10.6 Å². The number of hydrogen-bond acceptors (Lipinski definition) is 3. The highest BCUT2D eigenvalue weighted by Crippen LogP contribution is 2.23. The number of hydrogen-bond donors (Lipinski definition) is 1. The molecule has 0 amide bonds. The van der Waals surface area contributed by atoms with Crippen molar-refractivity contribution >= 4 is 23.6 Å². The summed E-state index contributed by atoms with van der Waals surface area (Å²) in [6, 6.07) is 5.82. The van der Waals surface area contributed by atoms with Gasteiger partial charge in [-0.25, -0.2) is 4.98 Å². The minimum absolute atomic E-state index is 0.753. The predicted molar refractivity (Wildman–Crippen MR) is 57.5 cm³/mol. The zero-order chi connectivity index (χ0) is 9.26. The maximum atomic E-state index is 5.04. The van der Waals surface area contributed by atoms with Crippen molar-refractivity contribution in [1.82, 2.24) is 9.97 Å². The first kappa shape index (κ1) is 8.59. The van der Waals surface area contributed by atoms with E-state index in [4.69, 9.17) is 12.2 Å². The molecule has 2 heterocycles. The summed E-state index contributed by atoms with van der Waals surface area (Å²) in [6.07, 6.45) is 1.86. The third kappa shape index (κ3) is 1.84. The van der Waals surface area contributed by atoms with Crippen molar-refractivity contribution in [2.75, 3.05) is 0 Å². The number of nitrogens with zero attached hydrogens (tertiary/aromatic N) is 1. The van der Waals surface area contributed by atoms with Crippen molar-refractivity contribution in [2.24, 2.45) is 0 Å². The van der Waals surface area contributed by atoms with Crippen molar-refractivity contribution in [3.05, 3.63) is 34.0 Å². The SMILES string of the molecule is Cc1ncc(-c2cccc(=S)[nH]2)s1. The molecule has 0 aliphatic carbocycles. The Bertz CT molecular complexity index is 470. The summed E-state index contributed by atoms with van der Waals surface area (Å²) < 4.78 is 0.753. The molecule has 0 fully saturated rings. The number of aryl methyl sites for hydroxylation is 1. The third-order valence-corrected chi connectivity index (χ3v) is 2.84. The number of thiazole rings is 1. The zero-order valence-corrected chi connectivity index (χ0v) is 8.71. The smallest absolute Gasteiger partial charge is 0.103 e. The van der Waals surface area contributed by atoms with Crippen LogP contribution < -0.4 is 0 Å². The lowest BCUT2D eigenvalue weighted by atomic mass is 10.3. The number of H-pyrrole nitrogens is 1. The van der Waals surface area contributed by atoms with Gasteiger partial charge in [0.15, 0.2) is 0 Å². The van der Waals surface area contributed by atoms with Gasteiger partial charge in [0.05, 0.1) is 15.6 Å². The fourth-order valence-corrected chi connectivity index (χ4v) is 2.02. The van der Waals surface area contributed by atoms with Crippen LogP contribution in [0.1, 0.15) is 5.01 Å². The number of aromatic nitrogens is 2. The molecule has 4 heteroatoms. The Hall–Kier alpha value is -1.00. The van der Waals surface area contributed by atoms with Gasteiger partial charge in [-0.15, -0.1) is 11.3 Å². The van der Waals surface area contributed by atoms with Gasteiger partial charge in [-0.3, -0.25) is 0 Å². The van der Waals surface area contributed by atoms with E-state index in [0.29, 0.717) is 0 Å². The molecule has 0 aliphatic rings. The highest BCUT2D eigenvalue weighted by molar-refractivity contribution is 7.71. The molecule has 13 heavy (non-hydrogen) atoms. The van der Waals surface area contributed by atoms with Crippen LogP contribution >= 0.6 is 23.6 Å². The van der Waals surface area contributed by atoms with E-state index in [1.165, 1.54) is 0 Å². The molecule has 2 rings (SSSR count). The summed E-state index contributed by atoms with van der Waals surface area (Å²) in [6.45, 7) is 1.99. The highest BCUT2D eigenvalue weighted by Gasteiger charge is 2.00. The normalized spacial score (nSPS) is 10.2. The zero-order valence-electron chi connectivity index (χ0n) is 7.07. The van der Waals surface area contributed by atoms with Crippen LogP contribution in [0.15, 0.2) is 24.4 Å². The van der Waals surface area contributed by atoms with Gasteiger partial charge >= 0.3 is 0 Å². The Balaban J connectivity index is 2.52. The van der Waals surface area contributed by atoms with E-state index in [2.05, 4.69) is 9.97 Å². The van der Waals surface area contributed by atoms with Crippen molar-refractivity contribution in [3.63, 3.8) is 0 Å². The van der Waals surface area contributed by atoms with Gasteiger partial charge in [-0.05, 0) is 19.1 Å². The highest BCUT2D eigenvalue weighted by atomic mass is 32.1. The van der Waals surface area contributed by atoms with Gasteiger partial charge < -0.3 is 4.98 Å². The Morgan fingerprint density at radius 3 is 2.92 bits per heavy atom. The van der Waals surface area contributed by atoms with Crippen molar-refractivity contribution in [2.45, 2.75) is 6.92 Å². The topological polar surface area (TPSA) is 28.7 Å². The van der Waals surface area contributed by atoms with E-state index >= 15 is 0 Å². The van der Waals surface area contributed by atoms with E-state index in [0.717, 1.165) is 20.2 Å². The first-order valence-electron chi connectivity index (χ1n) is 3.88. The van der Waals surface area contributed by atoms with Gasteiger partial charge in [0.2, 0.25) is 0 Å². The monoisotopic (exact) mass is 208 g/mol. The Morgan fingerprint density at radius 1 is 1.46 bits per heavy atom. The van der Waals surface area contributed by atoms with Crippen molar-refractivity contribution in [3.8, 4) is 10.6 Å². The van der Waals surface area contributed by atoms with E-state index in [1.807, 2.05) is 31.3 Å². The number of pyridine rings is 1. The second kappa shape index (κ2) is 3.40. The molecule has 0 aromatic carbocycles. The maximum absolute atomic E-state index is 5.04. The second-order valence-electron chi connectivity index (χ2n) is 2.67. The molecule has 0 atom stereocenters. The van der Waals surface area contributed by atoms with Gasteiger partial charge in [0.25, 0.3) is 0 Å². The third-order valence-electron chi connectivity index (χ3n) is 1.66. The van der Waals surface area contributed by atoms with Crippen LogP contribution in [0.2, 0.25) is 0 Å². The molecular formula is C9H8N2S2. The number of nitrogens with one attached hydrogen (secondary N) is 1. The summed E-state index contributed by atoms with van der Waals surface area (Å²) in [5.41, 5.74) is 1.04. The molecular weight excluding hydrogens is 200 g/mol. The number of rotatable bonds is 1. The van der Waals surface area contributed by atoms with Gasteiger partial charge in [0.1, 0.15) is 4.64 Å². The Morgan fingerprint density at radius 2 is 2.31 bits per heavy atom. The quantitative estimate of drug-likeness (QED) is 0.729. The molecule has 0 bridgehead atoms. The van der Waals surface area contributed by atoms with Crippen LogP contribution in [0.3, 0.4) is 0 Å². The average molecular weight is 208 g/mol. The molecule has 0 radical (unpaired) electrons. The van der Waals surface area contributed by atoms with E-state index in [-0.39, 0.29) is 0 Å². The Labute approximate surface area is 85.3 Å². The first-order chi connectivity index (χ1) is 6.25. The summed E-state index contributed by atoms with van der Waals surface area (Å²) in [4.78, 5) is 8.44. The lowest BCUT2D eigenvalue weighted by Gasteiger charge is -1.94. The maximum Gasteiger partial charge on any atom is 0.103 e. The van der Waals surface area contributed by atoms with Crippen LogP contribution in [0.4, 0.5) is 0 Å². The second-order valence-corrected chi connectivity index (χ2v) is 4.35. The van der Waals surface area contributed by atoms with Crippen molar-refractivity contribution < 1.29 is 0 Å². The standard InChI is InChI=1S/C9H8N2S2/c1-6-10-5-8(13-6)7-3-2-4-9(12)11-7/h2-5H,1H3,(H,11,12). The van der Waals surface area contributed by atoms with Crippen molar-refractivity contribution in [1.29, 1.82) is 0 Å². The molecule has 0 aliphatic heterocycles. The van der Waals surface area contributed by atoms with Gasteiger partial charge in [-0.2, -0.15) is 0 Å². The summed E-state index contributed by atoms with van der Waals surface area (Å²) in [5.74, 6) is 0. The minimum atomic E-state index is 0.753. The molecule has 66 valence electrons. The molecule has 0 unspecified atom stereocenters. The van der Waals surface area contributed by atoms with Crippen LogP contribution in [-0.4, -0.2) is 9.97 Å². The lowest BCUT2D eigenvalue weighted by Crippen LogP contribution is -1.78. The van der Waals surface area contributed by atoms with E-state index in [1.54, 1.807) is 11.3 Å². The molecule has 2 aromatic rings. The summed E-state index contributed by atoms with van der Waals surface area (Å²) in [5, 5.41) is 1.07. The van der Waals surface area contributed by atoms with Crippen LogP contribution in [-0.2, 0) is 0 Å². The Kier molecular flexibility index (Phi) is 2.24. The molecule has 2 aromatic heterocycles. The van der Waals surface area contributed by atoms with Gasteiger partial charge in [0, 0.05) is 6.20 Å². The van der Waals surface area contributed by atoms with E-state index in [9.17, 15) is 0 Å². The predicted octanol–water partition coefficient (Wildman–Crippen LogP) is 3.18. The fraction of sp³-hybridized carbons (Fsp3) is 0.111. The minimum Gasteiger partial charge on any atom is -0.345 e. The van der Waals surface area contributed by atoms with Crippen LogP contribution in [0, 0.1) is 11.6 Å². The van der Waals surface area contributed by atoms with Crippen LogP contribution in [0.5, 0.6) is 0 Å². The molecule has 0 saturated heterocycles. The van der Waals surface area contributed by atoms with E-state index < -0.39 is 0 Å². The molecule has 0 spiro atoms. The first-order valence-corrected chi connectivity index (χ1v) is 5.10.